The van der Waals surface area contributed by atoms with Gasteiger partial charge in [0.25, 0.3) is 0 Å². The number of para-hydroxylation sites is 1. The summed E-state index contributed by atoms with van der Waals surface area (Å²) in [5.41, 5.74) is 6.42. The molecule has 32 heavy (non-hydrogen) atoms. The monoisotopic (exact) mass is 433 g/mol. The number of carbonyl (C=O) groups excluding carboxylic acids is 2. The predicted octanol–water partition coefficient (Wildman–Crippen LogP) is 3.39. The minimum absolute atomic E-state index is 0.0433. The zero-order valence-corrected chi connectivity index (χ0v) is 18.0. The van der Waals surface area contributed by atoms with Gasteiger partial charge in [-0.1, -0.05) is 24.8 Å². The lowest BCUT2D eigenvalue weighted by molar-refractivity contribution is -0.116. The Morgan fingerprint density at radius 3 is 2.56 bits per heavy atom. The van der Waals surface area contributed by atoms with Crippen LogP contribution in [0.1, 0.15) is 22.8 Å². The first kappa shape index (κ1) is 22.8. The van der Waals surface area contributed by atoms with E-state index in [0.717, 1.165) is 24.0 Å². The van der Waals surface area contributed by atoms with Gasteiger partial charge in [0.05, 0.1) is 11.6 Å². The van der Waals surface area contributed by atoms with Crippen LogP contribution in [0.5, 0.6) is 11.5 Å². The topological polar surface area (TPSA) is 111 Å². The number of anilines is 1. The van der Waals surface area contributed by atoms with Gasteiger partial charge in [0.2, 0.25) is 5.91 Å². The summed E-state index contributed by atoms with van der Waals surface area (Å²) in [7, 11) is 1.50. The fourth-order valence-electron chi connectivity index (χ4n) is 3.48. The van der Waals surface area contributed by atoms with Gasteiger partial charge in [-0.2, -0.15) is 5.10 Å². The van der Waals surface area contributed by atoms with Gasteiger partial charge in [0, 0.05) is 18.7 Å². The van der Waals surface area contributed by atoms with Crippen LogP contribution in [0.15, 0.2) is 67.3 Å². The molecular weight excluding hydrogens is 406 g/mol. The summed E-state index contributed by atoms with van der Waals surface area (Å²) < 4.78 is 7.63. The lowest BCUT2D eigenvalue weighted by Crippen LogP contribution is -2.34. The van der Waals surface area contributed by atoms with Crippen molar-refractivity contribution >= 4 is 18.0 Å². The first-order valence-corrected chi connectivity index (χ1v) is 10.3. The standard InChI is InChI=1S/C23H22N4O3.CH5N/c1-2-21(29)25-14-17-12-13-24-23-20(15-28)22(26-27(17)23)16-8-10-19(11-9-16)30-18-6-4-3-5-7-18;1-2/h2-11,15,17,24H,1,12-14H2,(H,25,29);2H2,1H3. The zero-order valence-electron chi connectivity index (χ0n) is 18.0. The van der Waals surface area contributed by atoms with E-state index in [2.05, 4.69) is 22.9 Å². The highest BCUT2D eigenvalue weighted by Crippen LogP contribution is 2.34. The SMILES string of the molecule is C=CC(=O)NCC1CCNc2c(C=O)c(-c3ccc(Oc4ccccc4)cc3)nn21.CN. The number of amides is 1. The van der Waals surface area contributed by atoms with Crippen molar-refractivity contribution in [1.82, 2.24) is 15.1 Å². The molecule has 1 aliphatic rings. The molecule has 2 aromatic carbocycles. The van der Waals surface area contributed by atoms with Gasteiger partial charge < -0.3 is 21.1 Å². The molecule has 0 bridgehead atoms. The Morgan fingerprint density at radius 1 is 1.22 bits per heavy atom. The van der Waals surface area contributed by atoms with E-state index in [1.807, 2.05) is 54.6 Å². The number of nitrogens with zero attached hydrogens (tertiary/aromatic N) is 2. The second-order valence-electron chi connectivity index (χ2n) is 6.93. The van der Waals surface area contributed by atoms with E-state index in [9.17, 15) is 9.59 Å². The van der Waals surface area contributed by atoms with Crippen LogP contribution >= 0.6 is 0 Å². The maximum absolute atomic E-state index is 11.9. The van der Waals surface area contributed by atoms with Crippen molar-refractivity contribution in [2.75, 3.05) is 25.5 Å². The molecule has 0 spiro atoms. The second kappa shape index (κ2) is 10.9. The Morgan fingerprint density at radius 2 is 1.91 bits per heavy atom. The Bertz CT molecular complexity index is 1060. The molecule has 2 heterocycles. The first-order chi connectivity index (χ1) is 15.7. The molecule has 0 fully saturated rings. The summed E-state index contributed by atoms with van der Waals surface area (Å²) in [6.45, 7) is 4.59. The molecule has 3 aromatic rings. The minimum atomic E-state index is -0.230. The molecule has 0 saturated heterocycles. The summed E-state index contributed by atoms with van der Waals surface area (Å²) in [6, 6.07) is 17.0. The van der Waals surface area contributed by atoms with Gasteiger partial charge >= 0.3 is 0 Å². The summed E-state index contributed by atoms with van der Waals surface area (Å²) in [6.07, 6.45) is 2.85. The van der Waals surface area contributed by atoms with E-state index >= 15 is 0 Å². The molecule has 0 radical (unpaired) electrons. The molecule has 8 nitrogen and oxygen atoms in total. The smallest absolute Gasteiger partial charge is 0.243 e. The maximum atomic E-state index is 11.9. The van der Waals surface area contributed by atoms with Gasteiger partial charge in [-0.25, -0.2) is 4.68 Å². The van der Waals surface area contributed by atoms with Crippen LogP contribution < -0.4 is 21.1 Å². The fourth-order valence-corrected chi connectivity index (χ4v) is 3.48. The quantitative estimate of drug-likeness (QED) is 0.389. The molecule has 1 amide bonds. The summed E-state index contributed by atoms with van der Waals surface area (Å²) in [5.74, 6) is 1.90. The van der Waals surface area contributed by atoms with Gasteiger partial charge in [-0.3, -0.25) is 9.59 Å². The second-order valence-corrected chi connectivity index (χ2v) is 6.93. The molecule has 4 N–H and O–H groups in total. The third-order valence-electron chi connectivity index (χ3n) is 4.98. The van der Waals surface area contributed by atoms with Crippen LogP contribution in [0.3, 0.4) is 0 Å². The fraction of sp³-hybridized carbons (Fsp3) is 0.208. The Labute approximate surface area is 187 Å². The molecule has 4 rings (SSSR count). The number of aromatic nitrogens is 2. The zero-order chi connectivity index (χ0) is 22.9. The van der Waals surface area contributed by atoms with E-state index < -0.39 is 0 Å². The lowest BCUT2D eigenvalue weighted by Gasteiger charge is -2.25. The van der Waals surface area contributed by atoms with E-state index in [0.29, 0.717) is 35.9 Å². The molecule has 166 valence electrons. The highest BCUT2D eigenvalue weighted by Gasteiger charge is 2.27. The number of aldehydes is 1. The van der Waals surface area contributed by atoms with Gasteiger partial charge in [0.1, 0.15) is 23.0 Å². The van der Waals surface area contributed by atoms with Crippen LogP contribution in [0.4, 0.5) is 5.82 Å². The molecule has 1 aromatic heterocycles. The van der Waals surface area contributed by atoms with Gasteiger partial charge in [-0.05, 0) is 55.9 Å². The van der Waals surface area contributed by atoms with Crippen LogP contribution in [-0.2, 0) is 4.79 Å². The highest BCUT2D eigenvalue weighted by molar-refractivity contribution is 5.92. The largest absolute Gasteiger partial charge is 0.457 e. The third-order valence-corrected chi connectivity index (χ3v) is 4.98. The Balaban J connectivity index is 0.00000141. The van der Waals surface area contributed by atoms with Crippen molar-refractivity contribution in [3.63, 3.8) is 0 Å². The third kappa shape index (κ3) is 5.04. The van der Waals surface area contributed by atoms with Crippen LogP contribution in [-0.4, -0.2) is 42.1 Å². The number of hydrogen-bond acceptors (Lipinski definition) is 6. The number of ether oxygens (including phenoxy) is 1. The normalized spacial score (nSPS) is 14.1. The minimum Gasteiger partial charge on any atom is -0.457 e. The summed E-state index contributed by atoms with van der Waals surface area (Å²) >= 11 is 0. The van der Waals surface area contributed by atoms with Crippen molar-refractivity contribution in [2.24, 2.45) is 5.73 Å². The van der Waals surface area contributed by atoms with E-state index in [-0.39, 0.29) is 11.9 Å². The number of hydrogen-bond donors (Lipinski definition) is 3. The van der Waals surface area contributed by atoms with Crippen LogP contribution in [0, 0.1) is 0 Å². The van der Waals surface area contributed by atoms with Crippen LogP contribution in [0.2, 0.25) is 0 Å². The highest BCUT2D eigenvalue weighted by atomic mass is 16.5. The number of nitrogens with two attached hydrogens (primary N) is 1. The summed E-state index contributed by atoms with van der Waals surface area (Å²) in [5, 5.41) is 10.8. The Kier molecular flexibility index (Phi) is 7.77. The molecular formula is C24H27N5O3. The van der Waals surface area contributed by atoms with Crippen molar-refractivity contribution in [2.45, 2.75) is 12.5 Å². The van der Waals surface area contributed by atoms with Crippen molar-refractivity contribution in [3.8, 4) is 22.8 Å². The number of nitrogens with one attached hydrogen (secondary N) is 2. The van der Waals surface area contributed by atoms with Crippen molar-refractivity contribution < 1.29 is 14.3 Å². The number of rotatable bonds is 7. The molecule has 1 unspecified atom stereocenters. The summed E-state index contributed by atoms with van der Waals surface area (Å²) in [4.78, 5) is 23.4. The average Bonchev–Trinajstić information content (AvgIpc) is 3.24. The number of benzene rings is 2. The molecule has 8 heteroatoms. The van der Waals surface area contributed by atoms with Gasteiger partial charge in [0.15, 0.2) is 6.29 Å². The van der Waals surface area contributed by atoms with Crippen LogP contribution in [0.25, 0.3) is 11.3 Å². The number of carbonyl (C=O) groups is 2. The van der Waals surface area contributed by atoms with E-state index in [1.165, 1.54) is 13.1 Å². The predicted molar refractivity (Wildman–Crippen MR) is 125 cm³/mol. The molecule has 0 saturated carbocycles. The molecule has 1 aliphatic heterocycles. The van der Waals surface area contributed by atoms with Crippen molar-refractivity contribution in [1.29, 1.82) is 0 Å². The van der Waals surface area contributed by atoms with Crippen molar-refractivity contribution in [3.05, 3.63) is 72.8 Å². The average molecular weight is 434 g/mol. The maximum Gasteiger partial charge on any atom is 0.243 e. The van der Waals surface area contributed by atoms with Gasteiger partial charge in [-0.15, -0.1) is 0 Å². The van der Waals surface area contributed by atoms with E-state index in [1.54, 1.807) is 4.68 Å². The number of fused-ring (bicyclic) bond motifs is 1. The molecule has 0 aliphatic carbocycles. The van der Waals surface area contributed by atoms with E-state index in [4.69, 9.17) is 9.84 Å². The Hall–Kier alpha value is -3.91. The first-order valence-electron chi connectivity index (χ1n) is 10.3. The lowest BCUT2D eigenvalue weighted by atomic mass is 10.1. The molecule has 1 atom stereocenters.